The van der Waals surface area contributed by atoms with Gasteiger partial charge in [0.25, 0.3) is 5.69 Å². The second-order valence-corrected chi connectivity index (χ2v) is 5.30. The summed E-state index contributed by atoms with van der Waals surface area (Å²) in [5, 5.41) is 23.0. The van der Waals surface area contributed by atoms with E-state index in [-0.39, 0.29) is 18.3 Å². The highest BCUT2D eigenvalue weighted by atomic mass is 79.9. The van der Waals surface area contributed by atoms with E-state index in [0.717, 1.165) is 5.56 Å². The average molecular weight is 317 g/mol. The van der Waals surface area contributed by atoms with Crippen LogP contribution in [0.3, 0.4) is 0 Å². The fourth-order valence-corrected chi connectivity index (χ4v) is 2.05. The summed E-state index contributed by atoms with van der Waals surface area (Å²) in [4.78, 5) is 10.2. The van der Waals surface area contributed by atoms with E-state index >= 15 is 0 Å². The van der Waals surface area contributed by atoms with Crippen LogP contribution in [0.4, 0.5) is 5.69 Å². The van der Waals surface area contributed by atoms with Gasteiger partial charge in [0.2, 0.25) is 0 Å². The number of hydrogen-bond acceptors (Lipinski definition) is 4. The number of hydrogen-bond donors (Lipinski definition) is 2. The normalized spacial score (nSPS) is 12.7. The molecule has 0 aromatic heterocycles. The van der Waals surface area contributed by atoms with Gasteiger partial charge in [-0.3, -0.25) is 10.1 Å². The third-order valence-corrected chi connectivity index (χ3v) is 3.54. The number of benzene rings is 1. The van der Waals surface area contributed by atoms with Crippen molar-refractivity contribution in [3.63, 3.8) is 0 Å². The number of nitro groups is 1. The Balaban J connectivity index is 2.71. The van der Waals surface area contributed by atoms with Gasteiger partial charge in [0.1, 0.15) is 0 Å². The second-order valence-electron chi connectivity index (χ2n) is 4.45. The van der Waals surface area contributed by atoms with Gasteiger partial charge in [0, 0.05) is 29.2 Å². The minimum atomic E-state index is -0.424. The zero-order chi connectivity index (χ0) is 13.7. The van der Waals surface area contributed by atoms with Crippen molar-refractivity contribution in [3.05, 3.63) is 38.3 Å². The summed E-state index contributed by atoms with van der Waals surface area (Å²) in [7, 11) is 0. The predicted octanol–water partition coefficient (Wildman–Crippen LogP) is 2.46. The van der Waals surface area contributed by atoms with E-state index in [2.05, 4.69) is 21.2 Å². The molecule has 0 unspecified atom stereocenters. The summed E-state index contributed by atoms with van der Waals surface area (Å²) in [5.41, 5.74) is 0.993. The SMILES string of the molecule is CC(C)[C@@H](CO)NCc1ccc([N+](=O)[O-])cc1Br. The molecule has 0 bridgehead atoms. The van der Waals surface area contributed by atoms with Gasteiger partial charge in [-0.15, -0.1) is 0 Å². The van der Waals surface area contributed by atoms with Gasteiger partial charge in [-0.05, 0) is 17.5 Å². The first-order chi connectivity index (χ1) is 8.45. The van der Waals surface area contributed by atoms with Crippen molar-refractivity contribution in [1.29, 1.82) is 0 Å². The molecule has 0 heterocycles. The van der Waals surface area contributed by atoms with E-state index in [1.165, 1.54) is 12.1 Å². The first-order valence-electron chi connectivity index (χ1n) is 5.72. The Labute approximate surface area is 114 Å². The first kappa shape index (κ1) is 15.1. The molecule has 2 N–H and O–H groups in total. The maximum Gasteiger partial charge on any atom is 0.270 e. The Hall–Kier alpha value is -0.980. The summed E-state index contributed by atoms with van der Waals surface area (Å²) in [6, 6.07) is 4.70. The Kier molecular flexibility index (Phi) is 5.71. The molecule has 0 aliphatic heterocycles. The summed E-state index contributed by atoms with van der Waals surface area (Å²) in [6.07, 6.45) is 0. The standard InChI is InChI=1S/C12H17BrN2O3/c1-8(2)12(7-16)14-6-9-3-4-10(15(17)18)5-11(9)13/h3-5,8,12,14,16H,6-7H2,1-2H3/t12-/m1/s1. The molecule has 6 heteroatoms. The minimum absolute atomic E-state index is 0.0205. The molecule has 1 aromatic rings. The second kappa shape index (κ2) is 6.82. The number of non-ortho nitro benzene ring substituents is 1. The molecule has 100 valence electrons. The number of nitrogens with zero attached hydrogens (tertiary/aromatic N) is 1. The maximum absolute atomic E-state index is 10.6. The largest absolute Gasteiger partial charge is 0.395 e. The topological polar surface area (TPSA) is 75.4 Å². The Morgan fingerprint density at radius 1 is 1.50 bits per heavy atom. The Bertz CT molecular complexity index is 424. The third-order valence-electron chi connectivity index (χ3n) is 2.80. The van der Waals surface area contributed by atoms with Crippen molar-refractivity contribution >= 4 is 21.6 Å². The monoisotopic (exact) mass is 316 g/mol. The Morgan fingerprint density at radius 3 is 2.61 bits per heavy atom. The molecular weight excluding hydrogens is 300 g/mol. The van der Waals surface area contributed by atoms with Gasteiger partial charge in [0.15, 0.2) is 0 Å². The van der Waals surface area contributed by atoms with Gasteiger partial charge in [-0.2, -0.15) is 0 Å². The molecule has 1 aromatic carbocycles. The fraction of sp³-hybridized carbons (Fsp3) is 0.500. The number of nitrogens with one attached hydrogen (secondary N) is 1. The molecule has 18 heavy (non-hydrogen) atoms. The van der Waals surface area contributed by atoms with Crippen LogP contribution in [0.2, 0.25) is 0 Å². The van der Waals surface area contributed by atoms with Crippen molar-refractivity contribution in [2.24, 2.45) is 5.92 Å². The highest BCUT2D eigenvalue weighted by Crippen LogP contribution is 2.23. The smallest absolute Gasteiger partial charge is 0.270 e. The van der Waals surface area contributed by atoms with E-state index in [4.69, 9.17) is 0 Å². The molecule has 0 saturated heterocycles. The molecule has 0 amide bonds. The van der Waals surface area contributed by atoms with Crippen LogP contribution in [0.25, 0.3) is 0 Å². The van der Waals surface area contributed by atoms with Crippen LogP contribution in [0, 0.1) is 16.0 Å². The molecule has 1 rings (SSSR count). The number of aliphatic hydroxyl groups excluding tert-OH is 1. The van der Waals surface area contributed by atoms with Crippen molar-refractivity contribution in [2.45, 2.75) is 26.4 Å². The third kappa shape index (κ3) is 4.04. The molecular formula is C12H17BrN2O3. The average Bonchev–Trinajstić information content (AvgIpc) is 2.30. The van der Waals surface area contributed by atoms with Gasteiger partial charge >= 0.3 is 0 Å². The number of aliphatic hydroxyl groups is 1. The van der Waals surface area contributed by atoms with Gasteiger partial charge in [0.05, 0.1) is 11.5 Å². The van der Waals surface area contributed by atoms with E-state index in [0.29, 0.717) is 16.9 Å². The quantitative estimate of drug-likeness (QED) is 0.624. The maximum atomic E-state index is 10.6. The Morgan fingerprint density at radius 2 is 2.17 bits per heavy atom. The number of halogens is 1. The van der Waals surface area contributed by atoms with E-state index in [9.17, 15) is 15.2 Å². The van der Waals surface area contributed by atoms with Crippen LogP contribution in [-0.4, -0.2) is 22.7 Å². The molecule has 0 aliphatic carbocycles. The van der Waals surface area contributed by atoms with Gasteiger partial charge in [-0.25, -0.2) is 0 Å². The van der Waals surface area contributed by atoms with Crippen molar-refractivity contribution in [1.82, 2.24) is 5.32 Å². The zero-order valence-corrected chi connectivity index (χ0v) is 12.0. The summed E-state index contributed by atoms with van der Waals surface area (Å²) in [6.45, 7) is 4.68. The number of nitro benzene ring substituents is 1. The molecule has 5 nitrogen and oxygen atoms in total. The molecule has 0 aliphatic rings. The lowest BCUT2D eigenvalue weighted by molar-refractivity contribution is -0.384. The van der Waals surface area contributed by atoms with Crippen LogP contribution in [0.15, 0.2) is 22.7 Å². The zero-order valence-electron chi connectivity index (χ0n) is 10.4. The first-order valence-corrected chi connectivity index (χ1v) is 6.52. The van der Waals surface area contributed by atoms with Gasteiger partial charge < -0.3 is 10.4 Å². The molecule has 0 fully saturated rings. The molecule has 0 saturated carbocycles. The number of rotatable bonds is 6. The van der Waals surface area contributed by atoms with Crippen LogP contribution in [0.5, 0.6) is 0 Å². The lowest BCUT2D eigenvalue weighted by Gasteiger charge is -2.20. The minimum Gasteiger partial charge on any atom is -0.395 e. The molecule has 0 radical (unpaired) electrons. The van der Waals surface area contributed by atoms with E-state index in [1.807, 2.05) is 13.8 Å². The molecule has 1 atom stereocenters. The predicted molar refractivity (Wildman–Crippen MR) is 73.3 cm³/mol. The van der Waals surface area contributed by atoms with Crippen molar-refractivity contribution in [2.75, 3.05) is 6.61 Å². The summed E-state index contributed by atoms with van der Waals surface area (Å²) in [5.74, 6) is 0.326. The van der Waals surface area contributed by atoms with Crippen LogP contribution in [-0.2, 0) is 6.54 Å². The molecule has 0 spiro atoms. The van der Waals surface area contributed by atoms with Crippen molar-refractivity contribution < 1.29 is 10.0 Å². The lowest BCUT2D eigenvalue weighted by atomic mass is 10.1. The van der Waals surface area contributed by atoms with Crippen LogP contribution < -0.4 is 5.32 Å². The summed E-state index contributed by atoms with van der Waals surface area (Å²) < 4.78 is 0.699. The highest BCUT2D eigenvalue weighted by Gasteiger charge is 2.13. The van der Waals surface area contributed by atoms with E-state index in [1.54, 1.807) is 6.07 Å². The van der Waals surface area contributed by atoms with Crippen molar-refractivity contribution in [3.8, 4) is 0 Å². The van der Waals surface area contributed by atoms with E-state index < -0.39 is 4.92 Å². The lowest BCUT2D eigenvalue weighted by Crippen LogP contribution is -2.36. The fourth-order valence-electron chi connectivity index (χ4n) is 1.55. The van der Waals surface area contributed by atoms with Gasteiger partial charge in [-0.1, -0.05) is 29.8 Å². The highest BCUT2D eigenvalue weighted by molar-refractivity contribution is 9.10. The summed E-state index contributed by atoms with van der Waals surface area (Å²) >= 11 is 3.32. The van der Waals surface area contributed by atoms with Crippen LogP contribution >= 0.6 is 15.9 Å². The van der Waals surface area contributed by atoms with Crippen LogP contribution in [0.1, 0.15) is 19.4 Å².